The number of hydrogen-bond acceptors (Lipinski definition) is 5. The summed E-state index contributed by atoms with van der Waals surface area (Å²) in [6, 6.07) is 5.07. The van der Waals surface area contributed by atoms with Gasteiger partial charge < -0.3 is 15.7 Å². The van der Waals surface area contributed by atoms with E-state index in [4.69, 9.17) is 5.73 Å². The number of rotatable bonds is 1. The van der Waals surface area contributed by atoms with Gasteiger partial charge in [0.05, 0.1) is 16.5 Å². The van der Waals surface area contributed by atoms with Crippen LogP contribution in [0.5, 0.6) is 0 Å². The number of hydrogen-bond donors (Lipinski definition) is 3. The van der Waals surface area contributed by atoms with Gasteiger partial charge in [-0.3, -0.25) is 9.78 Å². The monoisotopic (exact) mass is 260 g/mol. The average molecular weight is 260 g/mol. The summed E-state index contributed by atoms with van der Waals surface area (Å²) in [6.45, 7) is 2.93. The second kappa shape index (κ2) is 3.96. The third-order valence-electron chi connectivity index (χ3n) is 3.47. The van der Waals surface area contributed by atoms with E-state index in [2.05, 4.69) is 9.97 Å². The zero-order valence-electron chi connectivity index (χ0n) is 10.7. The van der Waals surface area contributed by atoms with Crippen molar-refractivity contribution in [3.05, 3.63) is 28.6 Å². The molecule has 6 heteroatoms. The van der Waals surface area contributed by atoms with E-state index in [-0.39, 0.29) is 5.56 Å². The Hall–Kier alpha value is -2.08. The molecule has 1 aliphatic heterocycles. The summed E-state index contributed by atoms with van der Waals surface area (Å²) in [7, 11) is 0. The van der Waals surface area contributed by atoms with Crippen LogP contribution in [0, 0.1) is 0 Å². The molecular formula is C13H16N4O2. The molecule has 1 aliphatic rings. The molecule has 4 N–H and O–H groups in total. The molecule has 1 fully saturated rings. The Morgan fingerprint density at radius 1 is 1.53 bits per heavy atom. The van der Waals surface area contributed by atoms with Crippen molar-refractivity contribution in [1.82, 2.24) is 9.97 Å². The number of nitrogens with one attached hydrogen (secondary N) is 1. The highest BCUT2D eigenvalue weighted by Gasteiger charge is 2.32. The molecule has 0 amide bonds. The number of benzene rings is 1. The highest BCUT2D eigenvalue weighted by Crippen LogP contribution is 2.24. The normalized spacial score (nSPS) is 23.2. The SMILES string of the molecule is CC1(O)CCN(c2nc3ccc(N)cc3c(=O)[nH]2)C1. The molecule has 2 aromatic rings. The number of β-amino-alcohol motifs (C(OH)–C–C–N with tert-alkyl or cyclic N) is 1. The average Bonchev–Trinajstić information content (AvgIpc) is 2.70. The first-order valence-electron chi connectivity index (χ1n) is 6.21. The van der Waals surface area contributed by atoms with Crippen molar-refractivity contribution in [3.8, 4) is 0 Å². The molecule has 0 bridgehead atoms. The molecule has 2 heterocycles. The van der Waals surface area contributed by atoms with Gasteiger partial charge in [-0.1, -0.05) is 0 Å². The molecule has 6 nitrogen and oxygen atoms in total. The summed E-state index contributed by atoms with van der Waals surface area (Å²) in [4.78, 5) is 21.1. The number of anilines is 2. The van der Waals surface area contributed by atoms with Crippen molar-refractivity contribution in [2.45, 2.75) is 18.9 Å². The van der Waals surface area contributed by atoms with E-state index in [0.717, 1.165) is 0 Å². The van der Waals surface area contributed by atoms with Crippen LogP contribution < -0.4 is 16.2 Å². The summed E-state index contributed by atoms with van der Waals surface area (Å²) in [6.07, 6.45) is 0.663. The fraction of sp³-hybridized carbons (Fsp3) is 0.385. The van der Waals surface area contributed by atoms with Crippen LogP contribution in [0.1, 0.15) is 13.3 Å². The van der Waals surface area contributed by atoms with E-state index >= 15 is 0 Å². The number of nitrogens with two attached hydrogens (primary N) is 1. The summed E-state index contributed by atoms with van der Waals surface area (Å²) in [5.74, 6) is 0.500. The number of H-pyrrole nitrogens is 1. The molecule has 100 valence electrons. The van der Waals surface area contributed by atoms with Gasteiger partial charge >= 0.3 is 0 Å². The van der Waals surface area contributed by atoms with E-state index in [1.54, 1.807) is 25.1 Å². The van der Waals surface area contributed by atoms with E-state index in [1.807, 2.05) is 4.90 Å². The van der Waals surface area contributed by atoms with Crippen LogP contribution >= 0.6 is 0 Å². The van der Waals surface area contributed by atoms with Gasteiger partial charge in [0.25, 0.3) is 5.56 Å². The van der Waals surface area contributed by atoms with Crippen molar-refractivity contribution in [2.75, 3.05) is 23.7 Å². The molecule has 0 aliphatic carbocycles. The quantitative estimate of drug-likeness (QED) is 0.648. The Morgan fingerprint density at radius 3 is 3.00 bits per heavy atom. The van der Waals surface area contributed by atoms with Crippen LogP contribution in [0.25, 0.3) is 10.9 Å². The third kappa shape index (κ3) is 2.15. The van der Waals surface area contributed by atoms with Crippen molar-refractivity contribution in [3.63, 3.8) is 0 Å². The first kappa shape index (κ1) is 12.0. The summed E-state index contributed by atoms with van der Waals surface area (Å²) >= 11 is 0. The van der Waals surface area contributed by atoms with Gasteiger partial charge in [-0.25, -0.2) is 4.98 Å². The Kier molecular flexibility index (Phi) is 2.50. The van der Waals surface area contributed by atoms with E-state index in [0.29, 0.717) is 42.0 Å². The van der Waals surface area contributed by atoms with Crippen molar-refractivity contribution >= 4 is 22.5 Å². The number of aromatic amines is 1. The fourth-order valence-electron chi connectivity index (χ4n) is 2.42. The molecule has 1 aromatic heterocycles. The van der Waals surface area contributed by atoms with Gasteiger partial charge in [0.15, 0.2) is 0 Å². The maximum absolute atomic E-state index is 12.0. The van der Waals surface area contributed by atoms with E-state index in [1.165, 1.54) is 0 Å². The Bertz CT molecular complexity index is 693. The van der Waals surface area contributed by atoms with Crippen LogP contribution in [0.15, 0.2) is 23.0 Å². The standard InChI is InChI=1S/C13H16N4O2/c1-13(19)4-5-17(7-13)12-15-10-3-2-8(14)6-9(10)11(18)16-12/h2-3,6,19H,4-5,7,14H2,1H3,(H,15,16,18). The molecule has 1 atom stereocenters. The predicted octanol–water partition coefficient (Wildman–Crippen LogP) is 0.466. The lowest BCUT2D eigenvalue weighted by Gasteiger charge is -2.19. The van der Waals surface area contributed by atoms with Crippen molar-refractivity contribution < 1.29 is 5.11 Å². The van der Waals surface area contributed by atoms with E-state index in [9.17, 15) is 9.90 Å². The van der Waals surface area contributed by atoms with Crippen molar-refractivity contribution in [1.29, 1.82) is 0 Å². The molecule has 19 heavy (non-hydrogen) atoms. The van der Waals surface area contributed by atoms with Gasteiger partial charge in [0.1, 0.15) is 0 Å². The van der Waals surface area contributed by atoms with Gasteiger partial charge in [-0.15, -0.1) is 0 Å². The van der Waals surface area contributed by atoms with Crippen LogP contribution in [-0.4, -0.2) is 33.8 Å². The zero-order valence-corrected chi connectivity index (χ0v) is 10.7. The smallest absolute Gasteiger partial charge is 0.260 e. The van der Waals surface area contributed by atoms with E-state index < -0.39 is 5.60 Å². The molecule has 0 radical (unpaired) electrons. The summed E-state index contributed by atoms with van der Waals surface area (Å²) in [5, 5.41) is 10.4. The Labute approximate surface area is 109 Å². The number of nitrogen functional groups attached to an aromatic ring is 1. The van der Waals surface area contributed by atoms with Crippen LogP contribution in [0.3, 0.4) is 0 Å². The molecule has 1 saturated heterocycles. The lowest BCUT2D eigenvalue weighted by molar-refractivity contribution is 0.0838. The third-order valence-corrected chi connectivity index (χ3v) is 3.47. The second-order valence-corrected chi connectivity index (χ2v) is 5.33. The zero-order chi connectivity index (χ0) is 13.6. The first-order chi connectivity index (χ1) is 8.94. The molecular weight excluding hydrogens is 244 g/mol. The highest BCUT2D eigenvalue weighted by molar-refractivity contribution is 5.81. The number of aliphatic hydroxyl groups is 1. The maximum Gasteiger partial charge on any atom is 0.260 e. The topological polar surface area (TPSA) is 95.2 Å². The van der Waals surface area contributed by atoms with Crippen LogP contribution in [0.2, 0.25) is 0 Å². The lowest BCUT2D eigenvalue weighted by atomic mass is 10.1. The number of fused-ring (bicyclic) bond motifs is 1. The van der Waals surface area contributed by atoms with Crippen LogP contribution in [-0.2, 0) is 0 Å². The summed E-state index contributed by atoms with van der Waals surface area (Å²) < 4.78 is 0. The fourth-order valence-corrected chi connectivity index (χ4v) is 2.42. The molecule has 1 unspecified atom stereocenters. The Balaban J connectivity index is 2.07. The maximum atomic E-state index is 12.0. The van der Waals surface area contributed by atoms with Gasteiger partial charge in [0.2, 0.25) is 5.95 Å². The van der Waals surface area contributed by atoms with Gasteiger partial charge in [-0.2, -0.15) is 0 Å². The number of aromatic nitrogens is 2. The Morgan fingerprint density at radius 2 is 2.32 bits per heavy atom. The minimum atomic E-state index is -0.728. The highest BCUT2D eigenvalue weighted by atomic mass is 16.3. The minimum absolute atomic E-state index is 0.209. The largest absolute Gasteiger partial charge is 0.399 e. The summed E-state index contributed by atoms with van der Waals surface area (Å²) in [5.41, 5.74) is 5.88. The molecule has 0 spiro atoms. The first-order valence-corrected chi connectivity index (χ1v) is 6.21. The lowest BCUT2D eigenvalue weighted by Crippen LogP contribution is -2.31. The minimum Gasteiger partial charge on any atom is -0.399 e. The van der Waals surface area contributed by atoms with Crippen LogP contribution in [0.4, 0.5) is 11.6 Å². The molecule has 3 rings (SSSR count). The number of nitrogens with zero attached hydrogens (tertiary/aromatic N) is 2. The van der Waals surface area contributed by atoms with Gasteiger partial charge in [0, 0.05) is 18.8 Å². The van der Waals surface area contributed by atoms with Crippen molar-refractivity contribution in [2.24, 2.45) is 0 Å². The van der Waals surface area contributed by atoms with Gasteiger partial charge in [-0.05, 0) is 31.5 Å². The predicted molar refractivity (Wildman–Crippen MR) is 74.2 cm³/mol. The second-order valence-electron chi connectivity index (χ2n) is 5.33. The molecule has 0 saturated carbocycles. The molecule has 1 aromatic carbocycles.